The van der Waals surface area contributed by atoms with E-state index in [1.54, 1.807) is 0 Å². The van der Waals surface area contributed by atoms with E-state index in [9.17, 15) is 17.6 Å². The van der Waals surface area contributed by atoms with Gasteiger partial charge in [0.05, 0.1) is 12.0 Å². The van der Waals surface area contributed by atoms with Crippen LogP contribution < -0.4 is 10.0 Å². The third-order valence-corrected chi connectivity index (χ3v) is 4.88. The SMILES string of the molecule is COC(=O)c1c(F)cccc1S(=O)(=O)NC1CCNCC1.Cl. The fraction of sp³-hybridized carbons (Fsp3) is 0.462. The summed E-state index contributed by atoms with van der Waals surface area (Å²) in [6.45, 7) is 1.42. The highest BCUT2D eigenvalue weighted by atomic mass is 35.5. The Hall–Kier alpha value is -1.22. The number of methoxy groups -OCH3 is 1. The molecule has 6 nitrogen and oxygen atoms in total. The Morgan fingerprint density at radius 2 is 2.00 bits per heavy atom. The van der Waals surface area contributed by atoms with E-state index >= 15 is 0 Å². The van der Waals surface area contributed by atoms with Crippen molar-refractivity contribution < 1.29 is 22.3 Å². The Kier molecular flexibility index (Phi) is 6.73. The smallest absolute Gasteiger partial charge is 0.342 e. The molecule has 0 amide bonds. The van der Waals surface area contributed by atoms with Crippen molar-refractivity contribution in [2.45, 2.75) is 23.8 Å². The van der Waals surface area contributed by atoms with Crippen LogP contribution in [0.3, 0.4) is 0 Å². The van der Waals surface area contributed by atoms with Gasteiger partial charge in [0, 0.05) is 6.04 Å². The van der Waals surface area contributed by atoms with Crippen molar-refractivity contribution in [1.29, 1.82) is 0 Å². The van der Waals surface area contributed by atoms with Crippen molar-refractivity contribution in [3.05, 3.63) is 29.6 Å². The molecule has 0 radical (unpaired) electrons. The van der Waals surface area contributed by atoms with Crippen molar-refractivity contribution in [1.82, 2.24) is 10.0 Å². The van der Waals surface area contributed by atoms with Gasteiger partial charge in [0.15, 0.2) is 0 Å². The highest BCUT2D eigenvalue weighted by Gasteiger charge is 2.28. The van der Waals surface area contributed by atoms with Gasteiger partial charge in [0.1, 0.15) is 11.4 Å². The predicted octanol–water partition coefficient (Wildman–Crippen LogP) is 1.06. The lowest BCUT2D eigenvalue weighted by Gasteiger charge is -2.23. The summed E-state index contributed by atoms with van der Waals surface area (Å²) in [6, 6.07) is 3.23. The number of rotatable bonds is 4. The first-order chi connectivity index (χ1) is 9.95. The fourth-order valence-electron chi connectivity index (χ4n) is 2.25. The third-order valence-electron chi connectivity index (χ3n) is 3.32. The van der Waals surface area contributed by atoms with Gasteiger partial charge < -0.3 is 10.1 Å². The van der Waals surface area contributed by atoms with Crippen molar-refractivity contribution in [2.24, 2.45) is 0 Å². The maximum Gasteiger partial charge on any atom is 0.342 e. The lowest BCUT2D eigenvalue weighted by Crippen LogP contribution is -2.43. The molecule has 0 bridgehead atoms. The monoisotopic (exact) mass is 352 g/mol. The second kappa shape index (κ2) is 7.87. The average Bonchev–Trinajstić information content (AvgIpc) is 2.47. The van der Waals surface area contributed by atoms with Gasteiger partial charge in [-0.25, -0.2) is 22.3 Å². The topological polar surface area (TPSA) is 84.5 Å². The molecule has 1 aliphatic heterocycles. The van der Waals surface area contributed by atoms with Gasteiger partial charge >= 0.3 is 5.97 Å². The lowest BCUT2D eigenvalue weighted by molar-refractivity contribution is 0.0590. The van der Waals surface area contributed by atoms with Gasteiger partial charge in [-0.05, 0) is 38.1 Å². The molecule has 124 valence electrons. The molecule has 1 heterocycles. The number of ether oxygens (including phenoxy) is 1. The molecule has 0 saturated carbocycles. The molecule has 22 heavy (non-hydrogen) atoms. The van der Waals surface area contributed by atoms with Crippen LogP contribution in [0.2, 0.25) is 0 Å². The van der Waals surface area contributed by atoms with Gasteiger partial charge in [0.2, 0.25) is 10.0 Å². The highest BCUT2D eigenvalue weighted by Crippen LogP contribution is 2.21. The molecule has 0 atom stereocenters. The average molecular weight is 353 g/mol. The van der Waals surface area contributed by atoms with Crippen molar-refractivity contribution in [3.63, 3.8) is 0 Å². The normalized spacial score (nSPS) is 15.9. The molecular formula is C13H18ClFN2O4S. The maximum atomic E-state index is 13.8. The zero-order valence-corrected chi connectivity index (χ0v) is 13.6. The number of esters is 1. The van der Waals surface area contributed by atoms with Gasteiger partial charge in [-0.1, -0.05) is 6.07 Å². The molecule has 0 aromatic heterocycles. The largest absolute Gasteiger partial charge is 0.465 e. The van der Waals surface area contributed by atoms with Crippen LogP contribution in [0.15, 0.2) is 23.1 Å². The van der Waals surface area contributed by atoms with Gasteiger partial charge in [-0.2, -0.15) is 0 Å². The number of carbonyl (C=O) groups is 1. The number of hydrogen-bond donors (Lipinski definition) is 2. The summed E-state index contributed by atoms with van der Waals surface area (Å²) in [6.07, 6.45) is 1.28. The van der Waals surface area contributed by atoms with E-state index in [1.165, 1.54) is 12.1 Å². The summed E-state index contributed by atoms with van der Waals surface area (Å²) < 4.78 is 45.5. The van der Waals surface area contributed by atoms with Crippen LogP contribution in [-0.2, 0) is 14.8 Å². The second-order valence-corrected chi connectivity index (χ2v) is 6.43. The quantitative estimate of drug-likeness (QED) is 0.792. The van der Waals surface area contributed by atoms with Crippen LogP contribution in [0.4, 0.5) is 4.39 Å². The van der Waals surface area contributed by atoms with Crippen LogP contribution in [0.25, 0.3) is 0 Å². The van der Waals surface area contributed by atoms with Gasteiger partial charge in [-0.15, -0.1) is 12.4 Å². The lowest BCUT2D eigenvalue weighted by atomic mass is 10.1. The van der Waals surface area contributed by atoms with Crippen LogP contribution in [-0.4, -0.2) is 40.6 Å². The molecule has 0 aliphatic carbocycles. The number of halogens is 2. The Balaban J connectivity index is 0.00000242. The van der Waals surface area contributed by atoms with E-state index in [1.807, 2.05) is 0 Å². The van der Waals surface area contributed by atoms with Crippen molar-refractivity contribution in [3.8, 4) is 0 Å². The summed E-state index contributed by atoms with van der Waals surface area (Å²) in [7, 11) is -2.91. The number of carbonyl (C=O) groups excluding carboxylic acids is 1. The van der Waals surface area contributed by atoms with Crippen LogP contribution in [0.1, 0.15) is 23.2 Å². The first-order valence-electron chi connectivity index (χ1n) is 6.55. The molecule has 1 aromatic rings. The molecule has 1 aliphatic rings. The minimum Gasteiger partial charge on any atom is -0.465 e. The van der Waals surface area contributed by atoms with Gasteiger partial charge in [-0.3, -0.25) is 0 Å². The molecule has 2 rings (SSSR count). The summed E-state index contributed by atoms with van der Waals surface area (Å²) in [5.74, 6) is -1.94. The van der Waals surface area contributed by atoms with Gasteiger partial charge in [0.25, 0.3) is 0 Å². The van der Waals surface area contributed by atoms with Crippen LogP contribution in [0, 0.1) is 5.82 Å². The number of nitrogens with one attached hydrogen (secondary N) is 2. The van der Waals surface area contributed by atoms with E-state index in [0.29, 0.717) is 25.9 Å². The molecule has 2 N–H and O–H groups in total. The summed E-state index contributed by atoms with van der Waals surface area (Å²) in [5, 5.41) is 3.12. The molecule has 1 aromatic carbocycles. The molecule has 0 spiro atoms. The zero-order valence-electron chi connectivity index (χ0n) is 12.0. The van der Waals surface area contributed by atoms with E-state index in [4.69, 9.17) is 0 Å². The number of sulfonamides is 1. The van der Waals surface area contributed by atoms with Crippen molar-refractivity contribution in [2.75, 3.05) is 20.2 Å². The van der Waals surface area contributed by atoms with E-state index < -0.39 is 32.3 Å². The molecule has 1 saturated heterocycles. The first kappa shape index (κ1) is 18.8. The summed E-state index contributed by atoms with van der Waals surface area (Å²) in [5.41, 5.74) is -0.568. The van der Waals surface area contributed by atoms with Crippen LogP contribution in [0.5, 0.6) is 0 Å². The van der Waals surface area contributed by atoms with Crippen molar-refractivity contribution >= 4 is 28.4 Å². The van der Waals surface area contributed by atoms with E-state index in [-0.39, 0.29) is 18.4 Å². The molecule has 9 heteroatoms. The summed E-state index contributed by atoms with van der Waals surface area (Å²) in [4.78, 5) is 11.2. The second-order valence-electron chi connectivity index (χ2n) is 4.75. The molecule has 1 fully saturated rings. The van der Waals surface area contributed by atoms with E-state index in [0.717, 1.165) is 13.2 Å². The minimum absolute atomic E-state index is 0. The van der Waals surface area contributed by atoms with E-state index in [2.05, 4.69) is 14.8 Å². The molecular weight excluding hydrogens is 335 g/mol. The Morgan fingerprint density at radius 3 is 2.59 bits per heavy atom. The Labute approximate surface area is 134 Å². The Morgan fingerprint density at radius 1 is 1.36 bits per heavy atom. The number of piperidine rings is 1. The zero-order chi connectivity index (χ0) is 15.5. The molecule has 0 unspecified atom stereocenters. The third kappa shape index (κ3) is 4.16. The number of hydrogen-bond acceptors (Lipinski definition) is 5. The standard InChI is InChI=1S/C13H17FN2O4S.ClH/c1-20-13(17)12-10(14)3-2-4-11(12)21(18,19)16-9-5-7-15-8-6-9;/h2-4,9,15-16H,5-8H2,1H3;1H. The fourth-order valence-corrected chi connectivity index (χ4v) is 3.76. The summed E-state index contributed by atoms with van der Waals surface area (Å²) >= 11 is 0. The maximum absolute atomic E-state index is 13.8. The number of benzene rings is 1. The minimum atomic E-state index is -3.99. The van der Waals surface area contributed by atoms with Crippen LogP contribution >= 0.6 is 12.4 Å². The first-order valence-corrected chi connectivity index (χ1v) is 8.04. The Bertz CT molecular complexity index is 633. The highest BCUT2D eigenvalue weighted by molar-refractivity contribution is 7.89. The predicted molar refractivity (Wildman–Crippen MR) is 81.2 cm³/mol.